The van der Waals surface area contributed by atoms with E-state index in [1.54, 1.807) is 0 Å². The van der Waals surface area contributed by atoms with Gasteiger partial charge in [0.15, 0.2) is 0 Å². The SMILES string of the molecule is CC(=O)[O-].CCCCC#CCCCC#CCCCCO. The molecule has 0 aromatic rings. The van der Waals surface area contributed by atoms with Gasteiger partial charge in [0.05, 0.1) is 0 Å². The standard InChI is InChI=1S/C15H24O.C2H4O2/c1-2-3-4-5-6-7-8-9-10-11-12-13-14-15-16;1-2(3)4/h16H,2-4,7-9,12-15H2,1H3;1H3,(H,3,4)/p-1. The predicted molar refractivity (Wildman–Crippen MR) is 80.5 cm³/mol. The van der Waals surface area contributed by atoms with Crippen molar-refractivity contribution in [1.29, 1.82) is 0 Å². The van der Waals surface area contributed by atoms with E-state index in [0.29, 0.717) is 0 Å². The van der Waals surface area contributed by atoms with Crippen LogP contribution in [0.2, 0.25) is 0 Å². The zero-order valence-corrected chi connectivity index (χ0v) is 12.8. The molecule has 0 heterocycles. The Hall–Kier alpha value is -1.45. The van der Waals surface area contributed by atoms with E-state index in [-0.39, 0.29) is 6.61 Å². The minimum absolute atomic E-state index is 0.287. The van der Waals surface area contributed by atoms with Gasteiger partial charge in [-0.25, -0.2) is 0 Å². The van der Waals surface area contributed by atoms with Crippen LogP contribution >= 0.6 is 0 Å². The lowest BCUT2D eigenvalue weighted by Crippen LogP contribution is -2.16. The summed E-state index contributed by atoms with van der Waals surface area (Å²) in [5.74, 6) is 11.5. The first-order valence-electron chi connectivity index (χ1n) is 7.35. The largest absolute Gasteiger partial charge is 0.550 e. The third-order valence-corrected chi connectivity index (χ3v) is 2.22. The van der Waals surface area contributed by atoms with Crippen LogP contribution in [0.1, 0.15) is 71.6 Å². The minimum Gasteiger partial charge on any atom is -0.550 e. The first-order valence-corrected chi connectivity index (χ1v) is 7.35. The van der Waals surface area contributed by atoms with Gasteiger partial charge >= 0.3 is 0 Å². The molecule has 1 N–H and O–H groups in total. The Kier molecular flexibility index (Phi) is 20.7. The normalized spacial score (nSPS) is 8.35. The number of carboxylic acid groups (broad SMARTS) is 1. The lowest BCUT2D eigenvalue weighted by atomic mass is 10.2. The summed E-state index contributed by atoms with van der Waals surface area (Å²) in [6.45, 7) is 3.45. The van der Waals surface area contributed by atoms with Crippen LogP contribution in [0.25, 0.3) is 0 Å². The van der Waals surface area contributed by atoms with Crippen molar-refractivity contribution in [3.05, 3.63) is 0 Å². The highest BCUT2D eigenvalue weighted by Gasteiger charge is 1.82. The summed E-state index contributed by atoms with van der Waals surface area (Å²) in [7, 11) is 0. The number of aliphatic hydroxyl groups excluding tert-OH is 1. The molecule has 0 saturated carbocycles. The van der Waals surface area contributed by atoms with E-state index in [2.05, 4.69) is 30.6 Å². The Morgan fingerprint density at radius 2 is 1.30 bits per heavy atom. The van der Waals surface area contributed by atoms with E-state index in [1.165, 1.54) is 12.8 Å². The summed E-state index contributed by atoms with van der Waals surface area (Å²) in [5, 5.41) is 17.5. The number of aliphatic hydroxyl groups is 1. The molecule has 0 bridgehead atoms. The lowest BCUT2D eigenvalue weighted by Gasteiger charge is -1.89. The fraction of sp³-hybridized carbons (Fsp3) is 0.706. The molecule has 0 spiro atoms. The van der Waals surface area contributed by atoms with Gasteiger partial charge in [-0.15, -0.1) is 23.7 Å². The molecule has 3 heteroatoms. The molecule has 0 aliphatic heterocycles. The van der Waals surface area contributed by atoms with Gasteiger partial charge in [-0.1, -0.05) is 13.3 Å². The molecule has 0 atom stereocenters. The number of hydrogen-bond acceptors (Lipinski definition) is 3. The van der Waals surface area contributed by atoms with Crippen LogP contribution in [0.15, 0.2) is 0 Å². The number of hydrogen-bond donors (Lipinski definition) is 1. The van der Waals surface area contributed by atoms with Crippen LogP contribution in [-0.2, 0) is 4.79 Å². The van der Waals surface area contributed by atoms with Gasteiger partial charge < -0.3 is 15.0 Å². The molecule has 0 saturated heterocycles. The van der Waals surface area contributed by atoms with Crippen molar-refractivity contribution in [2.24, 2.45) is 0 Å². The molecule has 20 heavy (non-hydrogen) atoms. The van der Waals surface area contributed by atoms with Crippen LogP contribution in [0.3, 0.4) is 0 Å². The van der Waals surface area contributed by atoms with Crippen LogP contribution in [0.5, 0.6) is 0 Å². The van der Waals surface area contributed by atoms with Crippen LogP contribution in [0, 0.1) is 23.7 Å². The highest BCUT2D eigenvalue weighted by molar-refractivity contribution is 5.60. The Bertz CT molecular complexity index is 322. The monoisotopic (exact) mass is 279 g/mol. The highest BCUT2D eigenvalue weighted by Crippen LogP contribution is 1.96. The average Bonchev–Trinajstić information content (AvgIpc) is 2.39. The quantitative estimate of drug-likeness (QED) is 0.574. The second-order valence-electron chi connectivity index (χ2n) is 4.34. The Morgan fingerprint density at radius 3 is 1.70 bits per heavy atom. The zero-order valence-electron chi connectivity index (χ0n) is 12.8. The number of aliphatic carboxylic acids is 1. The van der Waals surface area contributed by atoms with E-state index in [9.17, 15) is 0 Å². The van der Waals surface area contributed by atoms with Crippen molar-refractivity contribution in [3.8, 4) is 23.7 Å². The van der Waals surface area contributed by atoms with Gasteiger partial charge in [-0.2, -0.15) is 0 Å². The topological polar surface area (TPSA) is 60.4 Å². The van der Waals surface area contributed by atoms with Crippen LogP contribution in [0.4, 0.5) is 0 Å². The fourth-order valence-electron chi connectivity index (χ4n) is 1.21. The molecule has 0 aromatic carbocycles. The summed E-state index contributed by atoms with van der Waals surface area (Å²) in [6.07, 6.45) is 9.33. The first kappa shape index (κ1) is 20.9. The number of unbranched alkanes of at least 4 members (excludes halogenated alkanes) is 6. The van der Waals surface area contributed by atoms with Gasteiger partial charge in [-0.3, -0.25) is 0 Å². The average molecular weight is 279 g/mol. The van der Waals surface area contributed by atoms with E-state index >= 15 is 0 Å². The third kappa shape index (κ3) is 30.0. The molecule has 0 rings (SSSR count). The van der Waals surface area contributed by atoms with Crippen LogP contribution < -0.4 is 5.11 Å². The van der Waals surface area contributed by atoms with E-state index in [0.717, 1.165) is 51.9 Å². The summed E-state index contributed by atoms with van der Waals surface area (Å²) in [4.78, 5) is 8.89. The molecular formula is C17H27O3-. The van der Waals surface area contributed by atoms with Gasteiger partial charge in [0.2, 0.25) is 0 Å². The molecule has 0 aliphatic rings. The number of carbonyl (C=O) groups excluding carboxylic acids is 1. The number of carbonyl (C=O) groups is 1. The van der Waals surface area contributed by atoms with Crippen molar-refractivity contribution in [1.82, 2.24) is 0 Å². The van der Waals surface area contributed by atoms with Crippen molar-refractivity contribution in [3.63, 3.8) is 0 Å². The van der Waals surface area contributed by atoms with Gasteiger partial charge in [-0.05, 0) is 32.6 Å². The van der Waals surface area contributed by atoms with Gasteiger partial charge in [0, 0.05) is 38.3 Å². The maximum atomic E-state index is 8.89. The molecule has 0 unspecified atom stereocenters. The molecule has 0 aromatic heterocycles. The Balaban J connectivity index is 0. The molecule has 3 nitrogen and oxygen atoms in total. The summed E-state index contributed by atoms with van der Waals surface area (Å²) in [5.41, 5.74) is 0. The number of rotatable bonds is 7. The smallest absolute Gasteiger partial charge is 0.0431 e. The maximum absolute atomic E-state index is 8.89. The predicted octanol–water partition coefficient (Wildman–Crippen LogP) is 2.27. The molecule has 0 fully saturated rings. The second kappa shape index (κ2) is 19.9. The fourth-order valence-corrected chi connectivity index (χ4v) is 1.21. The van der Waals surface area contributed by atoms with Crippen LogP contribution in [-0.4, -0.2) is 17.7 Å². The summed E-state index contributed by atoms with van der Waals surface area (Å²) >= 11 is 0. The van der Waals surface area contributed by atoms with Crippen molar-refractivity contribution >= 4 is 5.97 Å². The van der Waals surface area contributed by atoms with Gasteiger partial charge in [0.25, 0.3) is 0 Å². The number of carboxylic acids is 1. The molecule has 0 radical (unpaired) electrons. The van der Waals surface area contributed by atoms with E-state index < -0.39 is 5.97 Å². The molecule has 0 amide bonds. The molecular weight excluding hydrogens is 252 g/mol. The zero-order chi connectivity index (χ0) is 15.5. The summed E-state index contributed by atoms with van der Waals surface area (Å²) in [6, 6.07) is 0. The van der Waals surface area contributed by atoms with E-state index in [4.69, 9.17) is 15.0 Å². The van der Waals surface area contributed by atoms with Crippen molar-refractivity contribution < 1.29 is 15.0 Å². The Morgan fingerprint density at radius 1 is 0.900 bits per heavy atom. The molecule has 114 valence electrons. The maximum Gasteiger partial charge on any atom is 0.0431 e. The second-order valence-corrected chi connectivity index (χ2v) is 4.34. The lowest BCUT2D eigenvalue weighted by molar-refractivity contribution is -0.302. The van der Waals surface area contributed by atoms with E-state index in [1.807, 2.05) is 0 Å². The highest BCUT2D eigenvalue weighted by atomic mass is 16.4. The minimum atomic E-state index is -1.08. The van der Waals surface area contributed by atoms with Crippen molar-refractivity contribution in [2.45, 2.75) is 71.6 Å². The summed E-state index contributed by atoms with van der Waals surface area (Å²) < 4.78 is 0. The third-order valence-electron chi connectivity index (χ3n) is 2.22. The first-order chi connectivity index (χ1) is 9.65. The Labute approximate surface area is 123 Å². The van der Waals surface area contributed by atoms with Crippen molar-refractivity contribution in [2.75, 3.05) is 6.61 Å². The molecule has 0 aliphatic carbocycles. The van der Waals surface area contributed by atoms with Gasteiger partial charge in [0.1, 0.15) is 0 Å².